The van der Waals surface area contributed by atoms with Crippen LogP contribution in [0, 0.1) is 0 Å². The predicted octanol–water partition coefficient (Wildman–Crippen LogP) is -0.698. The van der Waals surface area contributed by atoms with E-state index in [2.05, 4.69) is 5.32 Å². The number of carbonyl (C=O) groups excluding carboxylic acids is 2. The molecular weight excluding hydrogens is 234 g/mol. The summed E-state index contributed by atoms with van der Waals surface area (Å²) in [4.78, 5) is 26.1. The van der Waals surface area contributed by atoms with Gasteiger partial charge in [-0.1, -0.05) is 0 Å². The Morgan fingerprint density at radius 2 is 2.00 bits per heavy atom. The number of amides is 2. The zero-order chi connectivity index (χ0) is 13.5. The maximum Gasteiger partial charge on any atom is 0.241 e. The molecule has 1 saturated heterocycles. The van der Waals surface area contributed by atoms with Gasteiger partial charge in [-0.2, -0.15) is 0 Å². The van der Waals surface area contributed by atoms with Crippen molar-refractivity contribution in [3.63, 3.8) is 0 Å². The predicted molar refractivity (Wildman–Crippen MR) is 68.2 cm³/mol. The molecule has 18 heavy (non-hydrogen) atoms. The topological polar surface area (TPSA) is 61.9 Å². The summed E-state index contributed by atoms with van der Waals surface area (Å²) in [5.74, 6) is -0.159. The van der Waals surface area contributed by atoms with Gasteiger partial charge in [0.2, 0.25) is 11.8 Å². The van der Waals surface area contributed by atoms with Crippen LogP contribution >= 0.6 is 0 Å². The van der Waals surface area contributed by atoms with E-state index in [9.17, 15) is 9.59 Å². The Morgan fingerprint density at radius 3 is 2.56 bits per heavy atom. The lowest BCUT2D eigenvalue weighted by Gasteiger charge is -2.20. The summed E-state index contributed by atoms with van der Waals surface area (Å²) < 4.78 is 5.44. The summed E-state index contributed by atoms with van der Waals surface area (Å²) in [5, 5.41) is 3.07. The van der Waals surface area contributed by atoms with E-state index in [1.165, 1.54) is 9.80 Å². The number of ether oxygens (including phenoxy) is 1. The van der Waals surface area contributed by atoms with Crippen molar-refractivity contribution < 1.29 is 14.3 Å². The Labute approximate surface area is 108 Å². The monoisotopic (exact) mass is 257 g/mol. The van der Waals surface area contributed by atoms with Crippen LogP contribution in [0.15, 0.2) is 0 Å². The second kappa shape index (κ2) is 7.33. The maximum atomic E-state index is 11.7. The molecular formula is C12H23N3O3. The van der Waals surface area contributed by atoms with E-state index in [4.69, 9.17) is 4.74 Å². The van der Waals surface area contributed by atoms with Gasteiger partial charge in [0, 0.05) is 34.3 Å². The lowest BCUT2D eigenvalue weighted by atomic mass is 10.2. The van der Waals surface area contributed by atoms with Gasteiger partial charge in [-0.25, -0.2) is 0 Å². The molecule has 6 nitrogen and oxygen atoms in total. The minimum Gasteiger partial charge on any atom is -0.377 e. The normalized spacial score (nSPS) is 18.7. The number of rotatable bonds is 6. The highest BCUT2D eigenvalue weighted by atomic mass is 16.5. The van der Waals surface area contributed by atoms with Crippen molar-refractivity contribution in [3.8, 4) is 0 Å². The van der Waals surface area contributed by atoms with Crippen LogP contribution in [0.2, 0.25) is 0 Å². The number of nitrogens with one attached hydrogen (secondary N) is 1. The lowest BCUT2D eigenvalue weighted by molar-refractivity contribution is -0.137. The Morgan fingerprint density at radius 1 is 1.28 bits per heavy atom. The van der Waals surface area contributed by atoms with Crippen molar-refractivity contribution in [1.82, 2.24) is 15.1 Å². The molecule has 0 bridgehead atoms. The van der Waals surface area contributed by atoms with Crippen molar-refractivity contribution >= 4 is 11.8 Å². The number of hydrogen-bond acceptors (Lipinski definition) is 4. The summed E-state index contributed by atoms with van der Waals surface area (Å²) in [5.41, 5.74) is 0. The summed E-state index contributed by atoms with van der Waals surface area (Å²) in [6, 6.07) is 0. The van der Waals surface area contributed by atoms with Crippen molar-refractivity contribution in [3.05, 3.63) is 0 Å². The first kappa shape index (κ1) is 14.9. The molecule has 104 valence electrons. The van der Waals surface area contributed by atoms with E-state index < -0.39 is 0 Å². The molecule has 2 amide bonds. The Bertz CT molecular complexity index is 288. The average Bonchev–Trinajstić information content (AvgIpc) is 2.81. The quantitative estimate of drug-likeness (QED) is 0.683. The van der Waals surface area contributed by atoms with E-state index in [0.717, 1.165) is 19.4 Å². The number of carbonyl (C=O) groups is 2. The average molecular weight is 257 g/mol. The SMILES string of the molecule is CN(C)C(=O)CN(C)C(=O)CNCC1CCCO1. The zero-order valence-corrected chi connectivity index (χ0v) is 11.4. The first-order valence-corrected chi connectivity index (χ1v) is 6.27. The fourth-order valence-corrected chi connectivity index (χ4v) is 1.71. The van der Waals surface area contributed by atoms with Gasteiger partial charge in [-0.3, -0.25) is 9.59 Å². The highest BCUT2D eigenvalue weighted by molar-refractivity contribution is 5.85. The number of likely N-dealkylation sites (N-methyl/N-ethyl adjacent to an activating group) is 2. The van der Waals surface area contributed by atoms with Gasteiger partial charge in [0.05, 0.1) is 19.2 Å². The Kier molecular flexibility index (Phi) is 6.07. The zero-order valence-electron chi connectivity index (χ0n) is 11.4. The molecule has 0 aromatic carbocycles. The highest BCUT2D eigenvalue weighted by Gasteiger charge is 2.17. The molecule has 0 aliphatic carbocycles. The first-order valence-electron chi connectivity index (χ1n) is 6.27. The molecule has 0 radical (unpaired) electrons. The highest BCUT2D eigenvalue weighted by Crippen LogP contribution is 2.10. The van der Waals surface area contributed by atoms with Crippen LogP contribution < -0.4 is 5.32 Å². The third-order valence-electron chi connectivity index (χ3n) is 2.97. The Hall–Kier alpha value is -1.14. The van der Waals surface area contributed by atoms with Crippen LogP contribution in [0.5, 0.6) is 0 Å². The van der Waals surface area contributed by atoms with Gasteiger partial charge in [-0.05, 0) is 12.8 Å². The van der Waals surface area contributed by atoms with Crippen molar-refractivity contribution in [2.75, 3.05) is 47.4 Å². The minimum atomic E-state index is -0.0804. The van der Waals surface area contributed by atoms with Crippen LogP contribution in [0.1, 0.15) is 12.8 Å². The summed E-state index contributed by atoms with van der Waals surface area (Å²) in [6.45, 7) is 1.88. The molecule has 1 aliphatic heterocycles. The minimum absolute atomic E-state index is 0.0787. The maximum absolute atomic E-state index is 11.7. The number of nitrogens with zero attached hydrogens (tertiary/aromatic N) is 2. The molecule has 0 saturated carbocycles. The molecule has 1 heterocycles. The second-order valence-electron chi connectivity index (χ2n) is 4.80. The fraction of sp³-hybridized carbons (Fsp3) is 0.833. The van der Waals surface area contributed by atoms with Crippen LogP contribution in [0.3, 0.4) is 0 Å². The largest absolute Gasteiger partial charge is 0.377 e. The lowest BCUT2D eigenvalue weighted by Crippen LogP contribution is -2.42. The van der Waals surface area contributed by atoms with E-state index in [1.54, 1.807) is 21.1 Å². The molecule has 1 N–H and O–H groups in total. The van der Waals surface area contributed by atoms with Crippen molar-refractivity contribution in [2.24, 2.45) is 0 Å². The van der Waals surface area contributed by atoms with Crippen LogP contribution in [0.25, 0.3) is 0 Å². The van der Waals surface area contributed by atoms with Gasteiger partial charge in [0.25, 0.3) is 0 Å². The summed E-state index contributed by atoms with van der Waals surface area (Å²) in [7, 11) is 4.99. The van der Waals surface area contributed by atoms with E-state index in [0.29, 0.717) is 6.54 Å². The molecule has 1 rings (SSSR count). The van der Waals surface area contributed by atoms with Crippen LogP contribution in [-0.2, 0) is 14.3 Å². The molecule has 0 aromatic rings. The summed E-state index contributed by atoms with van der Waals surface area (Å²) in [6.07, 6.45) is 2.37. The van der Waals surface area contributed by atoms with Gasteiger partial charge in [0.15, 0.2) is 0 Å². The standard InChI is InChI=1S/C12H23N3O3/c1-14(2)12(17)9-15(3)11(16)8-13-7-10-5-4-6-18-10/h10,13H,4-9H2,1-3H3. The van der Waals surface area contributed by atoms with E-state index in [1.807, 2.05) is 0 Å². The van der Waals surface area contributed by atoms with Crippen LogP contribution in [0.4, 0.5) is 0 Å². The first-order chi connectivity index (χ1) is 8.50. The van der Waals surface area contributed by atoms with Crippen LogP contribution in [-0.4, -0.2) is 75.1 Å². The van der Waals surface area contributed by atoms with Gasteiger partial charge in [-0.15, -0.1) is 0 Å². The molecule has 0 aromatic heterocycles. The Balaban J connectivity index is 2.16. The third kappa shape index (κ3) is 5.01. The van der Waals surface area contributed by atoms with Crippen molar-refractivity contribution in [2.45, 2.75) is 18.9 Å². The van der Waals surface area contributed by atoms with Gasteiger partial charge in [0.1, 0.15) is 0 Å². The third-order valence-corrected chi connectivity index (χ3v) is 2.97. The molecule has 1 atom stereocenters. The smallest absolute Gasteiger partial charge is 0.241 e. The molecule has 6 heteroatoms. The molecule has 1 aliphatic rings. The molecule has 1 unspecified atom stereocenters. The van der Waals surface area contributed by atoms with E-state index >= 15 is 0 Å². The number of hydrogen-bond donors (Lipinski definition) is 1. The van der Waals surface area contributed by atoms with E-state index in [-0.39, 0.29) is 31.0 Å². The molecule has 0 spiro atoms. The fourth-order valence-electron chi connectivity index (χ4n) is 1.71. The second-order valence-corrected chi connectivity index (χ2v) is 4.80. The van der Waals surface area contributed by atoms with Crippen molar-refractivity contribution in [1.29, 1.82) is 0 Å². The van der Waals surface area contributed by atoms with Gasteiger partial charge < -0.3 is 19.9 Å². The summed E-state index contributed by atoms with van der Waals surface area (Å²) >= 11 is 0. The van der Waals surface area contributed by atoms with Gasteiger partial charge >= 0.3 is 0 Å². The molecule has 1 fully saturated rings.